The summed E-state index contributed by atoms with van der Waals surface area (Å²) in [6.07, 6.45) is 3.06. The van der Waals surface area contributed by atoms with Gasteiger partial charge in [0.15, 0.2) is 5.96 Å². The zero-order chi connectivity index (χ0) is 59.2. The van der Waals surface area contributed by atoms with E-state index in [0.29, 0.717) is 43.2 Å². The number of carboxylic acid groups (broad SMARTS) is 1. The number of aromatic nitrogens is 1. The highest BCUT2D eigenvalue weighted by Crippen LogP contribution is 2.24. The van der Waals surface area contributed by atoms with Crippen molar-refractivity contribution in [3.63, 3.8) is 0 Å². The third-order valence-corrected chi connectivity index (χ3v) is 14.8. The number of benzene rings is 2. The number of unbranched alkanes of at least 4 members (excludes halogenated alkanes) is 1. The average molecular weight is 1160 g/mol. The van der Waals surface area contributed by atoms with Crippen LogP contribution in [0.25, 0.3) is 10.9 Å². The fraction of sp³-hybridized carbons (Fsp3) is 0.528. The number of fused-ring (bicyclic) bond motifs is 1. The van der Waals surface area contributed by atoms with Gasteiger partial charge in [0, 0.05) is 67.5 Å². The van der Waals surface area contributed by atoms with Crippen LogP contribution < -0.4 is 60.6 Å². The van der Waals surface area contributed by atoms with E-state index in [-0.39, 0.29) is 88.6 Å². The molecular weight excluding hydrogens is 1090 g/mol. The van der Waals surface area contributed by atoms with Crippen LogP contribution >= 0.6 is 25.3 Å². The van der Waals surface area contributed by atoms with Gasteiger partial charge >= 0.3 is 5.97 Å². The summed E-state index contributed by atoms with van der Waals surface area (Å²) in [6, 6.07) is 4.65. The Balaban J connectivity index is 1.44. The Morgan fingerprint density at radius 1 is 0.630 bits per heavy atom. The number of aromatic amines is 1. The van der Waals surface area contributed by atoms with E-state index >= 15 is 0 Å². The summed E-state index contributed by atoms with van der Waals surface area (Å²) >= 11 is 8.18. The van der Waals surface area contributed by atoms with Crippen LogP contribution in [0.4, 0.5) is 0 Å². The van der Waals surface area contributed by atoms with Crippen molar-refractivity contribution in [2.75, 3.05) is 37.7 Å². The monoisotopic (exact) mass is 1160 g/mol. The zero-order valence-electron chi connectivity index (χ0n) is 45.1. The topological polar surface area (TPSA) is 428 Å². The van der Waals surface area contributed by atoms with Gasteiger partial charge in [-0.15, -0.1) is 0 Å². The highest BCUT2D eigenvalue weighted by Gasteiger charge is 2.41. The fourth-order valence-corrected chi connectivity index (χ4v) is 10.2. The summed E-state index contributed by atoms with van der Waals surface area (Å²) in [4.78, 5) is 147. The van der Waals surface area contributed by atoms with Crippen LogP contribution in [-0.2, 0) is 60.8 Å². The molecule has 0 saturated carbocycles. The fourth-order valence-electron chi connectivity index (χ4n) is 9.78. The van der Waals surface area contributed by atoms with Gasteiger partial charge in [0.1, 0.15) is 48.3 Å². The second-order valence-electron chi connectivity index (χ2n) is 20.0. The number of primary amides is 1. The standard InChI is InChI=1S/C53H77N15O11S2/c54-21-7-6-15-35(63-48(74)41-17-9-23-67(41)50(76)33(55)28-80)44(70)62-37(19-20-43(56)69)46(72)61-36(16-8-22-59-53(57)58)45(71)64-38(25-30-11-2-1-3-12-30)47(73)65-39(26-31-27-60-34-14-5-4-13-32(31)34)51(77)68-24-10-18-42(68)49(75)66-40(29-81)52(78)79/h1-5,11-14,27,33,35-42,60,80-81H,6-10,15-26,28-29,54-55H2,(H2,56,69)(H,61,72)(H,62,70)(H,63,74)(H,64,71)(H,65,73)(H,66,75)(H,78,79)(H4,57,58,59)/t33-,35-,36-,37-,38-,39-,40-,41-,42-/m0/s1. The molecule has 18 N–H and O–H groups in total. The summed E-state index contributed by atoms with van der Waals surface area (Å²) in [5.74, 6) is -8.43. The van der Waals surface area contributed by atoms with Crippen LogP contribution in [-0.4, -0.2) is 177 Å². The lowest BCUT2D eigenvalue weighted by atomic mass is 10.0. The third kappa shape index (κ3) is 19.1. The Labute approximate surface area is 480 Å². The predicted molar refractivity (Wildman–Crippen MR) is 308 cm³/mol. The Morgan fingerprint density at radius 2 is 1.16 bits per heavy atom. The molecule has 2 aliphatic rings. The molecule has 5 rings (SSSR count). The number of aliphatic imine (C=N–C) groups is 1. The molecule has 0 unspecified atom stereocenters. The Morgan fingerprint density at radius 3 is 1.74 bits per heavy atom. The molecule has 2 saturated heterocycles. The van der Waals surface area contributed by atoms with Crippen molar-refractivity contribution in [3.8, 4) is 0 Å². The number of nitrogens with one attached hydrogen (secondary N) is 7. The number of nitrogens with two attached hydrogens (primary N) is 5. The molecule has 0 bridgehead atoms. The van der Waals surface area contributed by atoms with Crippen molar-refractivity contribution < 1.29 is 53.1 Å². The summed E-state index contributed by atoms with van der Waals surface area (Å²) in [7, 11) is 0. The minimum atomic E-state index is -1.52. The minimum Gasteiger partial charge on any atom is -0.480 e. The first-order valence-electron chi connectivity index (χ1n) is 27.0. The van der Waals surface area contributed by atoms with Gasteiger partial charge < -0.3 is 80.5 Å². The number of rotatable bonds is 32. The summed E-state index contributed by atoms with van der Waals surface area (Å²) in [6.45, 7) is 0.654. The molecule has 2 aromatic carbocycles. The molecular formula is C53H77N15O11S2. The first kappa shape index (κ1) is 64.4. The second kappa shape index (κ2) is 32.1. The smallest absolute Gasteiger partial charge is 0.327 e. The number of aliphatic carboxylic acids is 1. The van der Waals surface area contributed by atoms with E-state index in [1.165, 1.54) is 9.80 Å². The van der Waals surface area contributed by atoms with Crippen molar-refractivity contribution in [1.29, 1.82) is 0 Å². The van der Waals surface area contributed by atoms with Crippen molar-refractivity contribution in [2.24, 2.45) is 33.7 Å². The molecule has 2 aliphatic heterocycles. The molecule has 442 valence electrons. The number of guanidine groups is 1. The number of amides is 9. The Kier molecular flexibility index (Phi) is 25.5. The highest BCUT2D eigenvalue weighted by atomic mass is 32.1. The largest absolute Gasteiger partial charge is 0.480 e. The molecule has 9 atom stereocenters. The normalized spacial score (nSPS) is 17.5. The van der Waals surface area contributed by atoms with Crippen LogP contribution in [0.1, 0.15) is 81.8 Å². The minimum absolute atomic E-state index is 0.00524. The number of H-pyrrole nitrogens is 1. The van der Waals surface area contributed by atoms with Gasteiger partial charge in [0.25, 0.3) is 0 Å². The van der Waals surface area contributed by atoms with Crippen LogP contribution in [0.3, 0.4) is 0 Å². The van der Waals surface area contributed by atoms with Gasteiger partial charge in [-0.05, 0) is 87.9 Å². The quantitative estimate of drug-likeness (QED) is 0.0134. The van der Waals surface area contributed by atoms with Crippen LogP contribution in [0.15, 0.2) is 65.8 Å². The number of para-hydroxylation sites is 1. The van der Waals surface area contributed by atoms with Gasteiger partial charge in [-0.3, -0.25) is 48.1 Å². The number of hydrogen-bond acceptors (Lipinski definition) is 15. The summed E-state index contributed by atoms with van der Waals surface area (Å²) in [5.41, 5.74) is 30.4. The van der Waals surface area contributed by atoms with Crippen molar-refractivity contribution in [3.05, 3.63) is 71.9 Å². The maximum Gasteiger partial charge on any atom is 0.327 e. The van der Waals surface area contributed by atoms with Crippen LogP contribution in [0.5, 0.6) is 0 Å². The lowest BCUT2D eigenvalue weighted by molar-refractivity contribution is -0.144. The Hall–Kier alpha value is -7.43. The molecule has 3 aromatic rings. The number of likely N-dealkylation sites (tertiary alicyclic amines) is 2. The lowest BCUT2D eigenvalue weighted by Gasteiger charge is -2.31. The molecule has 3 heterocycles. The number of hydrogen-bond donors (Lipinski definition) is 15. The van der Waals surface area contributed by atoms with Crippen molar-refractivity contribution >= 4 is 101 Å². The van der Waals surface area contributed by atoms with Gasteiger partial charge in [-0.1, -0.05) is 48.5 Å². The number of carbonyl (C=O) groups excluding carboxylic acids is 9. The molecule has 28 heteroatoms. The van der Waals surface area contributed by atoms with Gasteiger partial charge in [-0.25, -0.2) is 4.79 Å². The van der Waals surface area contributed by atoms with Gasteiger partial charge in [0.2, 0.25) is 53.2 Å². The van der Waals surface area contributed by atoms with Gasteiger partial charge in [-0.2, -0.15) is 25.3 Å². The maximum atomic E-state index is 14.9. The van der Waals surface area contributed by atoms with E-state index < -0.39 is 120 Å². The number of nitrogens with zero attached hydrogens (tertiary/aromatic N) is 3. The third-order valence-electron chi connectivity index (χ3n) is 14.1. The van der Waals surface area contributed by atoms with Crippen LogP contribution in [0, 0.1) is 0 Å². The van der Waals surface area contributed by atoms with E-state index in [1.54, 1.807) is 36.5 Å². The van der Waals surface area contributed by atoms with E-state index in [1.807, 2.05) is 24.3 Å². The van der Waals surface area contributed by atoms with E-state index in [0.717, 1.165) is 10.9 Å². The predicted octanol–water partition coefficient (Wildman–Crippen LogP) is -2.44. The first-order chi connectivity index (χ1) is 38.8. The van der Waals surface area contributed by atoms with E-state index in [2.05, 4.69) is 67.1 Å². The van der Waals surface area contributed by atoms with Crippen molar-refractivity contribution in [2.45, 2.75) is 138 Å². The van der Waals surface area contributed by atoms with Crippen molar-refractivity contribution in [1.82, 2.24) is 46.7 Å². The molecule has 81 heavy (non-hydrogen) atoms. The molecule has 9 amide bonds. The molecule has 0 spiro atoms. The molecule has 2 fully saturated rings. The highest BCUT2D eigenvalue weighted by molar-refractivity contribution is 7.80. The number of thiol groups is 2. The molecule has 26 nitrogen and oxygen atoms in total. The zero-order valence-corrected chi connectivity index (χ0v) is 46.8. The maximum absolute atomic E-state index is 14.9. The molecule has 0 aliphatic carbocycles. The van der Waals surface area contributed by atoms with E-state index in [4.69, 9.17) is 28.7 Å². The molecule has 0 radical (unpaired) electrons. The van der Waals surface area contributed by atoms with E-state index in [9.17, 15) is 53.1 Å². The summed E-state index contributed by atoms with van der Waals surface area (Å²) < 4.78 is 0. The summed E-state index contributed by atoms with van der Waals surface area (Å²) in [5, 5.41) is 26.5. The first-order valence-corrected chi connectivity index (χ1v) is 28.3. The lowest BCUT2D eigenvalue weighted by Crippen LogP contribution is -2.60. The van der Waals surface area contributed by atoms with Crippen LogP contribution in [0.2, 0.25) is 0 Å². The Bertz CT molecular complexity index is 2710. The second-order valence-corrected chi connectivity index (χ2v) is 20.8. The van der Waals surface area contributed by atoms with Gasteiger partial charge in [0.05, 0.1) is 6.04 Å². The number of carbonyl (C=O) groups is 10. The molecule has 1 aromatic heterocycles. The SMILES string of the molecule is NCCCC[C@H](NC(=O)[C@@H]1CCCN1C(=O)[C@@H](N)CS)C(=O)N[C@@H](CCC(N)=O)C(=O)N[C@@H](CCCN=C(N)N)C(=O)N[C@@H](Cc1ccccc1)C(=O)N[C@@H](Cc1c[nH]c2ccccc12)C(=O)N1CCC[C@H]1C(=O)N[C@@H](CS)C(=O)O. The average Bonchev–Trinajstić information content (AvgIpc) is 4.28. The number of carboxylic acids is 1.